The Balaban J connectivity index is -0.000000142. The normalized spacial score (nSPS) is 8.80. The Morgan fingerprint density at radius 3 is 1.12 bits per heavy atom. The third kappa shape index (κ3) is 34.9. The van der Waals surface area contributed by atoms with Gasteiger partial charge in [-0.05, 0) is 17.7 Å². The molecule has 1 aromatic carbocycles. The number of benzene rings is 1. The van der Waals surface area contributed by atoms with Crippen LogP contribution in [0.25, 0.3) is 0 Å². The van der Waals surface area contributed by atoms with Gasteiger partial charge in [0.15, 0.2) is 0 Å². The summed E-state index contributed by atoms with van der Waals surface area (Å²) >= 11 is 0. The van der Waals surface area contributed by atoms with Gasteiger partial charge in [-0.15, -0.1) is 18.3 Å². The minimum absolute atomic E-state index is 0. The van der Waals surface area contributed by atoms with Gasteiger partial charge in [0.2, 0.25) is 0 Å². The number of carboxylic acid groups (broad SMARTS) is 2. The minimum atomic E-state index is -1.31. The van der Waals surface area contributed by atoms with E-state index in [2.05, 4.69) is 0 Å². The molecule has 0 aliphatic rings. The maximum Gasteiger partial charge on any atom is 4.00 e. The number of carboxylic acids is 2. The molecule has 0 spiro atoms. The van der Waals surface area contributed by atoms with Crippen LogP contribution in [0.3, 0.4) is 0 Å². The van der Waals surface area contributed by atoms with Crippen LogP contribution in [-0.2, 0) is 21.7 Å². The van der Waals surface area contributed by atoms with Crippen LogP contribution < -0.4 is 20.4 Å². The van der Waals surface area contributed by atoms with Crippen LogP contribution in [0.2, 0.25) is 0 Å². The molecule has 0 aromatic heterocycles. The maximum absolute atomic E-state index is 10.3. The summed E-state index contributed by atoms with van der Waals surface area (Å²) in [5.74, 6) is -2.40. The van der Waals surface area contributed by atoms with E-state index in [4.69, 9.17) is 5.11 Å². The number of rotatable bonds is 2. The molecule has 7 nitrogen and oxygen atoms in total. The van der Waals surface area contributed by atoms with Gasteiger partial charge >= 0.3 is 27.7 Å². The van der Waals surface area contributed by atoms with Crippen molar-refractivity contribution in [2.75, 3.05) is 0 Å². The van der Waals surface area contributed by atoms with Gasteiger partial charge in [-0.3, -0.25) is 0 Å². The quantitative estimate of drug-likeness (QED) is 0.638. The first kappa shape index (κ1) is 31.5. The van der Waals surface area contributed by atoms with Gasteiger partial charge in [-0.1, -0.05) is 53.7 Å². The van der Waals surface area contributed by atoms with Gasteiger partial charge < -0.3 is 30.3 Å². The Morgan fingerprint density at radius 2 is 0.960 bits per heavy atom. The zero-order valence-corrected chi connectivity index (χ0v) is 17.0. The number of hydrogen-bond acceptors (Lipinski definition) is 6. The van der Waals surface area contributed by atoms with Crippen molar-refractivity contribution in [2.45, 2.75) is 59.9 Å². The molecule has 0 aliphatic heterocycles. The molecule has 0 aliphatic carbocycles. The summed E-state index contributed by atoms with van der Waals surface area (Å²) in [4.78, 5) is 20.5. The van der Waals surface area contributed by atoms with E-state index in [1.54, 1.807) is 41.5 Å². The van der Waals surface area contributed by atoms with Crippen molar-refractivity contribution in [3.05, 3.63) is 35.4 Å². The molecular formula is C17H26O7Ti. The zero-order chi connectivity index (χ0) is 19.9. The summed E-state index contributed by atoms with van der Waals surface area (Å²) in [5.41, 5.74) is 0.0278. The summed E-state index contributed by atoms with van der Waals surface area (Å²) < 4.78 is 0. The second-order valence-electron chi connectivity index (χ2n) is 5.32. The van der Waals surface area contributed by atoms with E-state index in [0.29, 0.717) is 0 Å². The molecule has 0 atom stereocenters. The van der Waals surface area contributed by atoms with E-state index < -0.39 is 30.3 Å². The second-order valence-corrected chi connectivity index (χ2v) is 5.32. The standard InChI is InChI=1S/C8H6O4.3C3H7O.Ti/c9-7(10)5-1-2-6(4-3-5)8(11)12;3*1-3(2)4;/h1-4H,(H,9,10)(H,11,12);3*3H,1-2H3;/q;3*-1;+4/p-1. The van der Waals surface area contributed by atoms with Crippen molar-refractivity contribution in [3.8, 4) is 0 Å². The average Bonchev–Trinajstić information content (AvgIpc) is 2.36. The fraction of sp³-hybridized carbons (Fsp3) is 0.529. The Labute approximate surface area is 164 Å². The van der Waals surface area contributed by atoms with Crippen molar-refractivity contribution in [1.82, 2.24) is 0 Å². The van der Waals surface area contributed by atoms with Crippen LogP contribution in [0.15, 0.2) is 24.3 Å². The second kappa shape index (κ2) is 19.1. The predicted octanol–water partition coefficient (Wildman–Crippen LogP) is -0.989. The van der Waals surface area contributed by atoms with Crippen molar-refractivity contribution in [3.63, 3.8) is 0 Å². The molecule has 0 saturated heterocycles. The molecule has 140 valence electrons. The van der Waals surface area contributed by atoms with E-state index >= 15 is 0 Å². The molecule has 25 heavy (non-hydrogen) atoms. The van der Waals surface area contributed by atoms with Crippen LogP contribution in [0.1, 0.15) is 62.3 Å². The molecule has 1 N–H and O–H groups in total. The molecule has 0 bridgehead atoms. The average molecular weight is 390 g/mol. The molecule has 0 unspecified atom stereocenters. The third-order valence-corrected chi connectivity index (χ3v) is 1.37. The SMILES string of the molecule is CC(C)[O-].CC(C)[O-].CC(C)[O-].O=C([O-])c1ccc(C(=O)O)cc1.[Ti+4]. The van der Waals surface area contributed by atoms with Crippen LogP contribution in [0, 0.1) is 0 Å². The molecule has 8 heteroatoms. The molecule has 1 aromatic rings. The van der Waals surface area contributed by atoms with Crippen LogP contribution in [-0.4, -0.2) is 35.4 Å². The first-order valence-corrected chi connectivity index (χ1v) is 7.33. The van der Waals surface area contributed by atoms with Gasteiger partial charge in [0.05, 0.1) is 11.5 Å². The van der Waals surface area contributed by atoms with E-state index in [1.807, 2.05) is 0 Å². The number of carbonyl (C=O) groups is 2. The molecule has 0 amide bonds. The summed E-state index contributed by atoms with van der Waals surface area (Å²) in [7, 11) is 0. The number of aromatic carboxylic acids is 2. The fourth-order valence-corrected chi connectivity index (χ4v) is 0.749. The summed E-state index contributed by atoms with van der Waals surface area (Å²) in [6.07, 6.45) is -1.25. The molecular weight excluding hydrogens is 364 g/mol. The summed E-state index contributed by atoms with van der Waals surface area (Å²) in [6, 6.07) is 4.82. The zero-order valence-electron chi connectivity index (χ0n) is 15.4. The van der Waals surface area contributed by atoms with Gasteiger partial charge in [0, 0.05) is 0 Å². The van der Waals surface area contributed by atoms with Gasteiger partial charge in [0.25, 0.3) is 0 Å². The van der Waals surface area contributed by atoms with Gasteiger partial charge in [-0.25, -0.2) is 4.79 Å². The topological polar surface area (TPSA) is 147 Å². The Bertz CT molecular complexity index is 387. The van der Waals surface area contributed by atoms with Crippen molar-refractivity contribution in [1.29, 1.82) is 0 Å². The van der Waals surface area contributed by atoms with Gasteiger partial charge in [-0.2, -0.15) is 0 Å². The minimum Gasteiger partial charge on any atom is -0.852 e. The van der Waals surface area contributed by atoms with Crippen LogP contribution in [0.5, 0.6) is 0 Å². The third-order valence-electron chi connectivity index (χ3n) is 1.37. The van der Waals surface area contributed by atoms with Crippen LogP contribution in [0.4, 0.5) is 0 Å². The number of carbonyl (C=O) groups excluding carboxylic acids is 1. The van der Waals surface area contributed by atoms with Crippen molar-refractivity contribution in [2.24, 2.45) is 0 Å². The molecule has 0 fully saturated rings. The molecule has 1 rings (SSSR count). The molecule has 0 saturated carbocycles. The summed E-state index contributed by atoms with van der Waals surface area (Å²) in [6.45, 7) is 9.67. The Hall–Kier alpha value is -1.25. The van der Waals surface area contributed by atoms with Gasteiger partial charge in [0.1, 0.15) is 0 Å². The fourth-order valence-electron chi connectivity index (χ4n) is 0.749. The van der Waals surface area contributed by atoms with Crippen molar-refractivity contribution >= 4 is 11.9 Å². The van der Waals surface area contributed by atoms with E-state index in [9.17, 15) is 30.0 Å². The molecule has 0 heterocycles. The van der Waals surface area contributed by atoms with Crippen molar-refractivity contribution < 1.29 is 56.8 Å². The maximum atomic E-state index is 10.3. The predicted molar refractivity (Wildman–Crippen MR) is 83.1 cm³/mol. The first-order chi connectivity index (χ1) is 10.8. The Kier molecular flexibility index (Phi) is 24.1. The number of hydrogen-bond donors (Lipinski definition) is 1. The first-order valence-electron chi connectivity index (χ1n) is 7.33. The van der Waals surface area contributed by atoms with E-state index in [1.165, 1.54) is 24.3 Å². The van der Waals surface area contributed by atoms with E-state index in [-0.39, 0.29) is 32.8 Å². The van der Waals surface area contributed by atoms with Crippen LogP contribution >= 0.6 is 0 Å². The largest absolute Gasteiger partial charge is 4.00 e. The monoisotopic (exact) mass is 390 g/mol. The molecule has 0 radical (unpaired) electrons. The van der Waals surface area contributed by atoms with E-state index in [0.717, 1.165) is 0 Å². The smallest absolute Gasteiger partial charge is 0.852 e. The summed E-state index contributed by atoms with van der Waals surface area (Å²) in [5, 5.41) is 47.3. The Morgan fingerprint density at radius 1 is 0.760 bits per heavy atom.